The Labute approximate surface area is 129 Å². The molecule has 2 rings (SSSR count). The molecule has 0 bridgehead atoms. The summed E-state index contributed by atoms with van der Waals surface area (Å²) in [6, 6.07) is 10.2. The average molecular weight is 320 g/mol. The zero-order chi connectivity index (χ0) is 15.6. The molecule has 2 aromatic rings. The van der Waals surface area contributed by atoms with Crippen molar-refractivity contribution in [1.29, 1.82) is 5.26 Å². The molecular weight excluding hydrogens is 304 g/mol. The van der Waals surface area contributed by atoms with Crippen LogP contribution < -0.4 is 4.72 Å². The second-order valence-corrected chi connectivity index (χ2v) is 7.89. The lowest BCUT2D eigenvalue weighted by atomic mass is 10.2. The van der Waals surface area contributed by atoms with Gasteiger partial charge in [0, 0.05) is 9.75 Å². The Morgan fingerprint density at radius 3 is 2.52 bits per heavy atom. The van der Waals surface area contributed by atoms with Gasteiger partial charge in [0.2, 0.25) is 10.0 Å². The first-order valence-corrected chi connectivity index (χ1v) is 8.73. The highest BCUT2D eigenvalue weighted by Crippen LogP contribution is 2.25. The second kappa shape index (κ2) is 5.98. The van der Waals surface area contributed by atoms with E-state index in [1.165, 1.54) is 6.07 Å². The van der Waals surface area contributed by atoms with Crippen LogP contribution in [0.4, 0.5) is 0 Å². The summed E-state index contributed by atoms with van der Waals surface area (Å²) < 4.78 is 27.7. The zero-order valence-corrected chi connectivity index (χ0v) is 13.7. The third-order valence-corrected chi connectivity index (χ3v) is 5.99. The van der Waals surface area contributed by atoms with Crippen LogP contribution in [0.3, 0.4) is 0 Å². The molecule has 6 heteroatoms. The fourth-order valence-corrected chi connectivity index (χ4v) is 4.45. The minimum absolute atomic E-state index is 0.154. The molecule has 1 N–H and O–H groups in total. The largest absolute Gasteiger partial charge is 0.241 e. The third kappa shape index (κ3) is 3.50. The first-order chi connectivity index (χ1) is 9.83. The summed E-state index contributed by atoms with van der Waals surface area (Å²) >= 11 is 1.56. The molecule has 1 heterocycles. The first kappa shape index (κ1) is 15.7. The maximum Gasteiger partial charge on any atom is 0.241 e. The molecule has 110 valence electrons. The van der Waals surface area contributed by atoms with E-state index >= 15 is 0 Å². The lowest BCUT2D eigenvalue weighted by Crippen LogP contribution is -2.27. The van der Waals surface area contributed by atoms with Gasteiger partial charge < -0.3 is 0 Å². The quantitative estimate of drug-likeness (QED) is 0.940. The number of hydrogen-bond donors (Lipinski definition) is 1. The number of sulfonamides is 1. The molecule has 1 unspecified atom stereocenters. The van der Waals surface area contributed by atoms with Crippen molar-refractivity contribution in [1.82, 2.24) is 4.72 Å². The number of aryl methyl sites for hydroxylation is 2. The molecule has 0 fully saturated rings. The highest BCUT2D eigenvalue weighted by atomic mass is 32.2. The van der Waals surface area contributed by atoms with Gasteiger partial charge in [0.05, 0.1) is 22.6 Å². The van der Waals surface area contributed by atoms with Crippen LogP contribution in [0.2, 0.25) is 0 Å². The second-order valence-electron chi connectivity index (χ2n) is 4.88. The van der Waals surface area contributed by atoms with E-state index in [2.05, 4.69) is 4.72 Å². The third-order valence-electron chi connectivity index (χ3n) is 3.13. The Morgan fingerprint density at radius 2 is 1.95 bits per heavy atom. The molecule has 1 atom stereocenters. The molecule has 0 saturated carbocycles. The molecule has 0 aliphatic rings. The maximum absolute atomic E-state index is 12.5. The van der Waals surface area contributed by atoms with Gasteiger partial charge >= 0.3 is 0 Å². The van der Waals surface area contributed by atoms with E-state index in [-0.39, 0.29) is 10.9 Å². The highest BCUT2D eigenvalue weighted by Gasteiger charge is 2.21. The molecule has 0 aliphatic carbocycles. The Bertz CT molecular complexity index is 801. The number of nitrogens with one attached hydrogen (secondary N) is 1. The predicted molar refractivity (Wildman–Crippen MR) is 83.7 cm³/mol. The molecule has 1 aromatic carbocycles. The molecule has 4 nitrogen and oxygen atoms in total. The average Bonchev–Trinajstić information content (AvgIpc) is 2.85. The number of hydrogen-bond acceptors (Lipinski definition) is 4. The van der Waals surface area contributed by atoms with Crippen molar-refractivity contribution >= 4 is 21.4 Å². The van der Waals surface area contributed by atoms with Crippen LogP contribution in [-0.4, -0.2) is 8.42 Å². The number of nitrogens with zero attached hydrogens (tertiary/aromatic N) is 1. The Balaban J connectivity index is 2.33. The van der Waals surface area contributed by atoms with Crippen molar-refractivity contribution in [2.45, 2.75) is 31.7 Å². The number of rotatable bonds is 4. The van der Waals surface area contributed by atoms with Gasteiger partial charge in [0.15, 0.2) is 0 Å². The standard InChI is InChI=1S/C15H16N2O2S2/c1-10-4-6-13(9-16)8-15(10)21(18,19)17-12(3)14-7-5-11(2)20-14/h4-8,12,17H,1-3H3. The van der Waals surface area contributed by atoms with E-state index in [1.807, 2.05) is 32.0 Å². The molecule has 1 aromatic heterocycles. The van der Waals surface area contributed by atoms with E-state index in [1.54, 1.807) is 30.4 Å². The van der Waals surface area contributed by atoms with Gasteiger partial charge in [-0.3, -0.25) is 0 Å². The van der Waals surface area contributed by atoms with Gasteiger partial charge in [0.1, 0.15) is 0 Å². The summed E-state index contributed by atoms with van der Waals surface area (Å²) in [7, 11) is -3.66. The van der Waals surface area contributed by atoms with Gasteiger partial charge in [-0.25, -0.2) is 13.1 Å². The van der Waals surface area contributed by atoms with E-state index in [4.69, 9.17) is 5.26 Å². The van der Waals surface area contributed by atoms with Crippen LogP contribution in [0, 0.1) is 25.2 Å². The van der Waals surface area contributed by atoms with E-state index in [0.717, 1.165) is 9.75 Å². The van der Waals surface area contributed by atoms with Gasteiger partial charge in [-0.1, -0.05) is 6.07 Å². The predicted octanol–water partition coefficient (Wildman–Crippen LogP) is 3.28. The highest BCUT2D eigenvalue weighted by molar-refractivity contribution is 7.89. The molecule has 21 heavy (non-hydrogen) atoms. The summed E-state index contributed by atoms with van der Waals surface area (Å²) in [5, 5.41) is 8.92. The fraction of sp³-hybridized carbons (Fsp3) is 0.267. The Kier molecular flexibility index (Phi) is 4.47. The molecule has 0 radical (unpaired) electrons. The van der Waals surface area contributed by atoms with Crippen LogP contribution in [0.15, 0.2) is 35.2 Å². The van der Waals surface area contributed by atoms with Crippen LogP contribution in [-0.2, 0) is 10.0 Å². The van der Waals surface area contributed by atoms with Crippen LogP contribution >= 0.6 is 11.3 Å². The van der Waals surface area contributed by atoms with Crippen molar-refractivity contribution in [3.63, 3.8) is 0 Å². The van der Waals surface area contributed by atoms with Crippen LogP contribution in [0.1, 0.15) is 33.8 Å². The summed E-state index contributed by atoms with van der Waals surface area (Å²) in [6.45, 7) is 5.51. The SMILES string of the molecule is Cc1ccc(C(C)NS(=O)(=O)c2cc(C#N)ccc2C)s1. The first-order valence-electron chi connectivity index (χ1n) is 6.43. The van der Waals surface area contributed by atoms with Gasteiger partial charge in [0.25, 0.3) is 0 Å². The van der Waals surface area contributed by atoms with Crippen LogP contribution in [0.5, 0.6) is 0 Å². The lowest BCUT2D eigenvalue weighted by molar-refractivity contribution is 0.568. The minimum atomic E-state index is -3.66. The van der Waals surface area contributed by atoms with Crippen LogP contribution in [0.25, 0.3) is 0 Å². The van der Waals surface area contributed by atoms with Gasteiger partial charge in [-0.05, 0) is 50.6 Å². The lowest BCUT2D eigenvalue weighted by Gasteiger charge is -2.14. The van der Waals surface area contributed by atoms with Crippen molar-refractivity contribution in [2.75, 3.05) is 0 Å². The van der Waals surface area contributed by atoms with Gasteiger partial charge in [-0.2, -0.15) is 5.26 Å². The Morgan fingerprint density at radius 1 is 1.24 bits per heavy atom. The summed E-state index contributed by atoms with van der Waals surface area (Å²) in [5.41, 5.74) is 0.955. The maximum atomic E-state index is 12.5. The van der Waals surface area contributed by atoms with E-state index in [0.29, 0.717) is 11.1 Å². The number of nitriles is 1. The minimum Gasteiger partial charge on any atom is -0.207 e. The normalized spacial score (nSPS) is 12.9. The Hall–Kier alpha value is -1.68. The van der Waals surface area contributed by atoms with E-state index in [9.17, 15) is 8.42 Å². The monoisotopic (exact) mass is 320 g/mol. The zero-order valence-electron chi connectivity index (χ0n) is 12.0. The smallest absolute Gasteiger partial charge is 0.207 e. The molecule has 0 amide bonds. The van der Waals surface area contributed by atoms with Crippen molar-refractivity contribution in [2.24, 2.45) is 0 Å². The summed E-state index contributed by atoms with van der Waals surface area (Å²) in [6.07, 6.45) is 0. The summed E-state index contributed by atoms with van der Waals surface area (Å²) in [5.74, 6) is 0. The molecule has 0 spiro atoms. The molecular formula is C15H16N2O2S2. The topological polar surface area (TPSA) is 70.0 Å². The fourth-order valence-electron chi connectivity index (χ4n) is 2.00. The van der Waals surface area contributed by atoms with E-state index < -0.39 is 10.0 Å². The van der Waals surface area contributed by atoms with Gasteiger partial charge in [-0.15, -0.1) is 11.3 Å². The van der Waals surface area contributed by atoms with Crippen molar-refractivity contribution in [3.8, 4) is 6.07 Å². The molecule has 0 aliphatic heterocycles. The number of benzene rings is 1. The molecule has 0 saturated heterocycles. The van der Waals surface area contributed by atoms with Crippen molar-refractivity contribution < 1.29 is 8.42 Å². The van der Waals surface area contributed by atoms with Crippen molar-refractivity contribution in [3.05, 3.63) is 51.2 Å². The summed E-state index contributed by atoms with van der Waals surface area (Å²) in [4.78, 5) is 2.26. The number of thiophene rings is 1.